The first-order valence-electron chi connectivity index (χ1n) is 6.38. The van der Waals surface area contributed by atoms with E-state index < -0.39 is 6.09 Å². The second kappa shape index (κ2) is 5.71. The van der Waals surface area contributed by atoms with E-state index in [9.17, 15) is 9.90 Å². The average Bonchev–Trinajstić information content (AvgIpc) is 2.24. The summed E-state index contributed by atoms with van der Waals surface area (Å²) in [6, 6.07) is 0. The molecule has 0 saturated heterocycles. The van der Waals surface area contributed by atoms with Gasteiger partial charge >= 0.3 is 6.09 Å². The molecule has 1 N–H and O–H groups in total. The summed E-state index contributed by atoms with van der Waals surface area (Å²) in [6.07, 6.45) is 3.80. The Kier molecular flexibility index (Phi) is 4.80. The van der Waals surface area contributed by atoms with Gasteiger partial charge in [0.25, 0.3) is 0 Å². The van der Waals surface area contributed by atoms with E-state index in [4.69, 9.17) is 4.74 Å². The molecule has 17 heavy (non-hydrogen) atoms. The van der Waals surface area contributed by atoms with Crippen LogP contribution < -0.4 is 0 Å². The highest BCUT2D eigenvalue weighted by Crippen LogP contribution is 2.28. The zero-order valence-electron chi connectivity index (χ0n) is 11.4. The first kappa shape index (κ1) is 14.3. The van der Waals surface area contributed by atoms with Gasteiger partial charge in [0.05, 0.1) is 6.10 Å². The summed E-state index contributed by atoms with van der Waals surface area (Å²) in [6.45, 7) is 6.49. The maximum atomic E-state index is 11.2. The van der Waals surface area contributed by atoms with Crippen molar-refractivity contribution in [1.82, 2.24) is 4.90 Å². The van der Waals surface area contributed by atoms with Gasteiger partial charge in [0.1, 0.15) is 0 Å². The third kappa shape index (κ3) is 4.19. The Bertz CT molecular complexity index is 252. The van der Waals surface area contributed by atoms with Crippen molar-refractivity contribution in [2.24, 2.45) is 5.92 Å². The summed E-state index contributed by atoms with van der Waals surface area (Å²) in [4.78, 5) is 12.8. The lowest BCUT2D eigenvalue weighted by Crippen LogP contribution is -2.47. The van der Waals surface area contributed by atoms with Crippen LogP contribution in [-0.2, 0) is 4.74 Å². The number of methoxy groups -OCH3 is 1. The highest BCUT2D eigenvalue weighted by molar-refractivity contribution is 5.66. The van der Waals surface area contributed by atoms with Gasteiger partial charge in [-0.3, -0.25) is 0 Å². The molecule has 1 saturated carbocycles. The summed E-state index contributed by atoms with van der Waals surface area (Å²) < 4.78 is 5.33. The molecule has 1 aliphatic rings. The van der Waals surface area contributed by atoms with E-state index in [0.29, 0.717) is 18.6 Å². The van der Waals surface area contributed by atoms with E-state index in [1.165, 1.54) is 0 Å². The lowest BCUT2D eigenvalue weighted by Gasteiger charge is -2.37. The molecule has 1 aliphatic carbocycles. The van der Waals surface area contributed by atoms with Crippen molar-refractivity contribution < 1.29 is 14.6 Å². The predicted octanol–water partition coefficient (Wildman–Crippen LogP) is 2.97. The maximum absolute atomic E-state index is 11.2. The molecule has 0 radical (unpaired) electrons. The number of hydrogen-bond donors (Lipinski definition) is 1. The molecule has 0 unspecified atom stereocenters. The Labute approximate surface area is 104 Å². The second-order valence-corrected chi connectivity index (χ2v) is 5.94. The number of carbonyl (C=O) groups is 1. The molecule has 0 bridgehead atoms. The number of rotatable bonds is 3. The number of nitrogens with zero attached hydrogens (tertiary/aromatic N) is 1. The number of carboxylic acid groups (broad SMARTS) is 1. The maximum Gasteiger partial charge on any atom is 0.407 e. The van der Waals surface area contributed by atoms with Gasteiger partial charge < -0.3 is 14.7 Å². The first-order chi connectivity index (χ1) is 7.84. The number of amides is 1. The topological polar surface area (TPSA) is 49.8 Å². The van der Waals surface area contributed by atoms with E-state index in [1.807, 2.05) is 20.8 Å². The van der Waals surface area contributed by atoms with E-state index in [2.05, 4.69) is 0 Å². The highest BCUT2D eigenvalue weighted by atomic mass is 16.5. The van der Waals surface area contributed by atoms with Crippen LogP contribution in [0, 0.1) is 5.92 Å². The molecular formula is C13H25NO3. The summed E-state index contributed by atoms with van der Waals surface area (Å²) in [7, 11) is 1.75. The fourth-order valence-electron chi connectivity index (χ4n) is 2.45. The van der Waals surface area contributed by atoms with Crippen molar-refractivity contribution in [1.29, 1.82) is 0 Å². The van der Waals surface area contributed by atoms with Gasteiger partial charge in [-0.25, -0.2) is 4.79 Å². The SMILES string of the molecule is CO[C@H]1CC[C@H](CN(C(=O)O)C(C)(C)C)CC1. The van der Waals surface area contributed by atoms with Crippen molar-refractivity contribution in [2.75, 3.05) is 13.7 Å². The Hall–Kier alpha value is -0.770. The Morgan fingerprint density at radius 3 is 2.18 bits per heavy atom. The minimum Gasteiger partial charge on any atom is -0.465 e. The van der Waals surface area contributed by atoms with Gasteiger partial charge in [0.2, 0.25) is 0 Å². The first-order valence-corrected chi connectivity index (χ1v) is 6.38. The molecule has 1 rings (SSSR count). The largest absolute Gasteiger partial charge is 0.465 e. The van der Waals surface area contributed by atoms with Gasteiger partial charge in [0, 0.05) is 19.2 Å². The van der Waals surface area contributed by atoms with Crippen LogP contribution in [0.4, 0.5) is 4.79 Å². The van der Waals surface area contributed by atoms with Gasteiger partial charge in [0.15, 0.2) is 0 Å². The van der Waals surface area contributed by atoms with E-state index in [0.717, 1.165) is 25.7 Å². The quantitative estimate of drug-likeness (QED) is 0.829. The summed E-state index contributed by atoms with van der Waals surface area (Å²) in [5, 5.41) is 9.24. The molecule has 0 aromatic heterocycles. The van der Waals surface area contributed by atoms with Crippen LogP contribution in [0.25, 0.3) is 0 Å². The van der Waals surface area contributed by atoms with Crippen LogP contribution in [0.15, 0.2) is 0 Å². The van der Waals surface area contributed by atoms with Gasteiger partial charge in [-0.2, -0.15) is 0 Å². The van der Waals surface area contributed by atoms with E-state index in [1.54, 1.807) is 12.0 Å². The van der Waals surface area contributed by atoms with Crippen LogP contribution in [0.5, 0.6) is 0 Å². The van der Waals surface area contributed by atoms with Crippen LogP contribution in [0.2, 0.25) is 0 Å². The van der Waals surface area contributed by atoms with Crippen molar-refractivity contribution in [3.8, 4) is 0 Å². The van der Waals surface area contributed by atoms with Crippen molar-refractivity contribution >= 4 is 6.09 Å². The molecule has 100 valence electrons. The fraction of sp³-hybridized carbons (Fsp3) is 0.923. The normalized spacial score (nSPS) is 25.6. The average molecular weight is 243 g/mol. The second-order valence-electron chi connectivity index (χ2n) is 5.94. The molecule has 1 fully saturated rings. The van der Waals surface area contributed by atoms with Gasteiger partial charge in [-0.05, 0) is 52.4 Å². The highest BCUT2D eigenvalue weighted by Gasteiger charge is 2.30. The lowest BCUT2D eigenvalue weighted by molar-refractivity contribution is 0.0394. The van der Waals surface area contributed by atoms with Crippen molar-refractivity contribution in [2.45, 2.75) is 58.1 Å². The zero-order chi connectivity index (χ0) is 13.1. The molecule has 1 amide bonds. The van der Waals surface area contributed by atoms with Crippen LogP contribution in [0.3, 0.4) is 0 Å². The molecule has 4 heteroatoms. The number of ether oxygens (including phenoxy) is 1. The summed E-state index contributed by atoms with van der Waals surface area (Å²) in [5.41, 5.74) is -0.316. The Morgan fingerprint density at radius 2 is 1.82 bits per heavy atom. The minimum absolute atomic E-state index is 0.316. The van der Waals surface area contributed by atoms with Crippen molar-refractivity contribution in [3.63, 3.8) is 0 Å². The third-order valence-corrected chi connectivity index (χ3v) is 3.61. The molecule has 0 aromatic carbocycles. The minimum atomic E-state index is -0.814. The Balaban J connectivity index is 2.50. The molecule has 0 spiro atoms. The smallest absolute Gasteiger partial charge is 0.407 e. The summed E-state index contributed by atoms with van der Waals surface area (Å²) in [5.74, 6) is 0.483. The molecule has 0 aliphatic heterocycles. The monoisotopic (exact) mass is 243 g/mol. The van der Waals surface area contributed by atoms with Crippen LogP contribution in [0.1, 0.15) is 46.5 Å². The lowest BCUT2D eigenvalue weighted by atomic mass is 9.86. The van der Waals surface area contributed by atoms with Crippen LogP contribution >= 0.6 is 0 Å². The molecule has 0 heterocycles. The van der Waals surface area contributed by atoms with Gasteiger partial charge in [-0.15, -0.1) is 0 Å². The van der Waals surface area contributed by atoms with Crippen molar-refractivity contribution in [3.05, 3.63) is 0 Å². The predicted molar refractivity (Wildman–Crippen MR) is 67.2 cm³/mol. The molecular weight excluding hydrogens is 218 g/mol. The molecule has 4 nitrogen and oxygen atoms in total. The number of hydrogen-bond acceptors (Lipinski definition) is 2. The third-order valence-electron chi connectivity index (χ3n) is 3.61. The standard InChI is InChI=1S/C13H25NO3/c1-13(2,3)14(12(15)16)9-10-5-7-11(17-4)8-6-10/h10-11H,5-9H2,1-4H3,(H,15,16)/t10-,11-. The van der Waals surface area contributed by atoms with Gasteiger partial charge in [-0.1, -0.05) is 0 Å². The van der Waals surface area contributed by atoms with Crippen LogP contribution in [-0.4, -0.2) is 41.4 Å². The fourth-order valence-corrected chi connectivity index (χ4v) is 2.45. The van der Waals surface area contributed by atoms with E-state index in [-0.39, 0.29) is 5.54 Å². The summed E-state index contributed by atoms with van der Waals surface area (Å²) >= 11 is 0. The molecule has 0 atom stereocenters. The zero-order valence-corrected chi connectivity index (χ0v) is 11.4. The Morgan fingerprint density at radius 1 is 1.29 bits per heavy atom. The van der Waals surface area contributed by atoms with E-state index >= 15 is 0 Å². The molecule has 0 aromatic rings.